The van der Waals surface area contributed by atoms with Gasteiger partial charge in [0.2, 0.25) is 34.7 Å². The van der Waals surface area contributed by atoms with Crippen LogP contribution in [0, 0.1) is 31.6 Å². The maximum atomic E-state index is 12.4. The zero-order valence-electron chi connectivity index (χ0n) is 62.8. The maximum absolute atomic E-state index is 12.4. The van der Waals surface area contributed by atoms with E-state index >= 15 is 0 Å². The summed E-state index contributed by atoms with van der Waals surface area (Å²) in [6.45, 7) is 18.8. The largest absolute Gasteiger partial charge is 1.00 e. The van der Waals surface area contributed by atoms with Crippen molar-refractivity contribution in [3.63, 3.8) is 0 Å². The number of halogens is 3. The molecular weight excluding hydrogens is 1500 g/mol. The third kappa shape index (κ3) is 22.6. The summed E-state index contributed by atoms with van der Waals surface area (Å²) in [5.41, 5.74) is 15.7. The van der Waals surface area contributed by atoms with Crippen molar-refractivity contribution in [1.82, 2.24) is 56.0 Å². The topological polar surface area (TPSA) is 466 Å². The smallest absolute Gasteiger partial charge is 1.00 e. The third-order valence-corrected chi connectivity index (χ3v) is 16.2. The van der Waals surface area contributed by atoms with Crippen molar-refractivity contribution >= 4 is 92.2 Å². The average Bonchev–Trinajstić information content (AvgIpc) is 0.756. The normalized spacial score (nSPS) is 12.4. The van der Waals surface area contributed by atoms with Crippen LogP contribution < -0.4 is 95.9 Å². The molecule has 3 aliphatic rings. The quantitative estimate of drug-likeness (QED) is 0.0333. The predicted octanol–water partition coefficient (Wildman–Crippen LogP) is 3.65. The number of nitrogens with zero attached hydrogens (tertiary/aromatic N) is 8. The Bertz CT molecular complexity index is 4800. The summed E-state index contributed by atoms with van der Waals surface area (Å²) in [5.74, 6) is -8.52. The molecule has 562 valence electrons. The molecule has 0 fully saturated rings. The number of alkyl halides is 2. The van der Waals surface area contributed by atoms with E-state index in [9.17, 15) is 66.3 Å². The number of carboxylic acid groups (broad SMARTS) is 3. The third-order valence-electron chi connectivity index (χ3n) is 16.2. The van der Waals surface area contributed by atoms with Gasteiger partial charge in [-0.05, 0) is 130 Å². The molecule has 2 amide bonds. The first-order valence-corrected chi connectivity index (χ1v) is 32.6. The molecule has 3 aliphatic carbocycles. The van der Waals surface area contributed by atoms with Gasteiger partial charge >= 0.3 is 75.3 Å². The zero-order valence-corrected chi connectivity index (χ0v) is 65.5. The fourth-order valence-electron chi connectivity index (χ4n) is 9.47. The molecule has 0 saturated carbocycles. The predicted molar refractivity (Wildman–Crippen MR) is 387 cm³/mol. The Kier molecular flexibility index (Phi) is 35.5. The number of rotatable bonds is 14. The van der Waals surface area contributed by atoms with Gasteiger partial charge in [-0.1, -0.05) is 85.1 Å². The second kappa shape index (κ2) is 43.4. The fourth-order valence-corrected chi connectivity index (χ4v) is 9.47. The second-order valence-corrected chi connectivity index (χ2v) is 23.5. The number of amides is 2. The van der Waals surface area contributed by atoms with Crippen molar-refractivity contribution in [2.45, 2.75) is 74.7 Å². The van der Waals surface area contributed by atoms with E-state index in [-0.39, 0.29) is 176 Å². The Morgan fingerprint density at radius 1 is 0.435 bits per heavy atom. The number of hydrogen-bond acceptors (Lipinski definition) is 24. The van der Waals surface area contributed by atoms with Crippen molar-refractivity contribution in [2.24, 2.45) is 29.2 Å². The van der Waals surface area contributed by atoms with Gasteiger partial charge in [0.05, 0.1) is 61.5 Å². The van der Waals surface area contributed by atoms with E-state index in [1.807, 2.05) is 39.8 Å². The van der Waals surface area contributed by atoms with Crippen LogP contribution in [0.5, 0.6) is 0 Å². The Morgan fingerprint density at radius 3 is 0.954 bits per heavy atom. The van der Waals surface area contributed by atoms with E-state index in [0.717, 1.165) is 70.9 Å². The number of ketones is 6. The molecule has 3 unspecified atom stereocenters. The number of aromatic nitrogens is 8. The van der Waals surface area contributed by atoms with Crippen molar-refractivity contribution < 1.29 is 158 Å². The van der Waals surface area contributed by atoms with Gasteiger partial charge in [0.15, 0.2) is 5.69 Å². The Morgan fingerprint density at radius 2 is 0.694 bits per heavy atom. The van der Waals surface area contributed by atoms with Crippen LogP contribution in [0.2, 0.25) is 0 Å². The van der Waals surface area contributed by atoms with E-state index in [2.05, 4.69) is 113 Å². The summed E-state index contributed by atoms with van der Waals surface area (Å²) in [4.78, 5) is 180. The molecule has 12 rings (SSSR count). The number of carbonyl (C=O) groups excluding carboxylic acids is 9. The molecule has 108 heavy (non-hydrogen) atoms. The molecule has 8 heterocycles. The van der Waals surface area contributed by atoms with Gasteiger partial charge in [-0.15, -0.1) is 0 Å². The minimum atomic E-state index is -1.32. The van der Waals surface area contributed by atoms with Crippen LogP contribution in [0.4, 0.5) is 8.78 Å². The first-order valence-electron chi connectivity index (χ1n) is 34.0. The molecule has 29 nitrogen and oxygen atoms in total. The van der Waals surface area contributed by atoms with Gasteiger partial charge in [-0.25, -0.2) is 49.1 Å². The molecule has 0 bridgehead atoms. The number of hydrogen-bond donors (Lipinski definition) is 8. The summed E-state index contributed by atoms with van der Waals surface area (Å²) in [7, 11) is 0.846. The minimum absolute atomic E-state index is 0. The number of carbonyl (C=O) groups is 12. The molecule has 9 aromatic rings. The monoisotopic (exact) mass is 1580 g/mol. The number of nitrogens with one attached hydrogen (secondary N) is 3. The van der Waals surface area contributed by atoms with E-state index in [1.165, 1.54) is 81.5 Å². The van der Waals surface area contributed by atoms with Gasteiger partial charge in [0.25, 0.3) is 11.8 Å². The number of hydroxylamine groups is 1. The zero-order chi connectivity index (χ0) is 80.4. The van der Waals surface area contributed by atoms with Gasteiger partial charge in [0, 0.05) is 42.8 Å². The number of nitrogens with two attached hydrogens (primary N) is 2. The van der Waals surface area contributed by atoms with Crippen molar-refractivity contribution in [1.29, 1.82) is 0 Å². The van der Waals surface area contributed by atoms with Crippen LogP contribution in [-0.4, -0.2) is 174 Å². The molecule has 3 atom stereocenters. The molecule has 0 radical (unpaired) electrons. The molecular formula is C75H79BrF2KN13O16. The van der Waals surface area contributed by atoms with Gasteiger partial charge in [-0.2, -0.15) is 5.48 Å². The summed E-state index contributed by atoms with van der Waals surface area (Å²) in [6, 6.07) is 27.4. The number of aryl methyl sites for hydroxylation is 2. The van der Waals surface area contributed by atoms with Gasteiger partial charge < -0.3 is 59.2 Å². The number of aromatic carboxylic acids is 3. The fraction of sp³-hybridized carbons (Fsp3) is 0.280. The van der Waals surface area contributed by atoms with Crippen LogP contribution in [0.3, 0.4) is 0 Å². The van der Waals surface area contributed by atoms with Crippen LogP contribution >= 0.6 is 0 Å². The number of Topliss-reactive ketones (excluding diaryl/α,β-unsaturated/α-hetero) is 6. The summed E-state index contributed by atoms with van der Waals surface area (Å²) in [5, 5.41) is 34.5. The van der Waals surface area contributed by atoms with Crippen LogP contribution in [0.25, 0.3) is 56.0 Å². The van der Waals surface area contributed by atoms with E-state index in [0.29, 0.717) is 24.3 Å². The Balaban J connectivity index is 0.000000354. The Labute approximate surface area is 674 Å². The molecule has 1 aromatic carbocycles. The second-order valence-electron chi connectivity index (χ2n) is 23.5. The van der Waals surface area contributed by atoms with Crippen LogP contribution in [0.15, 0.2) is 109 Å². The van der Waals surface area contributed by atoms with Gasteiger partial charge in [0.1, 0.15) is 62.6 Å². The molecule has 0 aliphatic heterocycles. The first kappa shape index (κ1) is 88.3. The van der Waals surface area contributed by atoms with Gasteiger partial charge in [-0.3, -0.25) is 57.1 Å². The number of benzene rings is 1. The molecule has 33 heteroatoms. The Hall–Kier alpha value is -10.4. The standard InChI is InChI=1S/C20H20N4O4.C15H9N3O6.C14H6N2O6.C14H12N2.2C5H13N.2CH3F.BrH.K/c1-4-10(2)9-22-20(28)14-8-6-12-16(24-14)15-11(17(25)18(12)26)5-7-13(23-15)19(27)21-3;1-16-24-15(23)9-5-3-7-11(18-9)10-6(12(19)13(7)20)2-4-8(17-10)14(21)22;17-11-5-1-3-7(13(19)20)15-9(5)10-6(12(11)18)2-4-8(16-10)14(21)22;1-9-3-5-11-7-8-12-6-4-10(2)16-14(12)13(11)15-9;2*1-3-5(2)4-6;2*1-2;;/h5-8,10H,4,9H2,1-3H3,(H,21,27)(H,22,28);2-5,16H,1H3,(H,21,22);1-4H,(H,19,20)(H,21,22);3-8H,1-2H3;2*5H,3-4,6H2,1-2H3;2*1H3;1H;/q;;;;;;;;;+1/p-1/i;;;;;;2*1D;;. The summed E-state index contributed by atoms with van der Waals surface area (Å²) in [6.07, 6.45) is 3.33. The SMILES string of the molecule is CCC(C)CN.CCC(C)CN.CCC(C)CNC(=O)c1ccc2c(n1)-c1nc(C(=O)NC)ccc1C(=O)C2=O.CNOC(=O)c1ccc2c(n1)-c1nc(C(=O)O)ccc1C(=O)C2=O.Cc1ccc2ccc3ccc(C)nc3c2n1.O=C(O)c1ccc2c(n1)-c1nc(C(=O)O)ccc1C(=O)C2=O.[2H]CF.[2H]CF.[Br-].[K+]. The maximum Gasteiger partial charge on any atom is 1.00 e. The molecule has 8 aromatic heterocycles. The number of fused-ring (bicyclic) bond motifs is 12. The average molecular weight is 1580 g/mol. The van der Waals surface area contributed by atoms with Crippen molar-refractivity contribution in [3.05, 3.63) is 188 Å². The van der Waals surface area contributed by atoms with E-state index in [1.54, 1.807) is 0 Å². The molecule has 10 N–H and O–H groups in total. The van der Waals surface area contributed by atoms with E-state index in [4.69, 9.17) is 29.5 Å². The molecule has 0 saturated heterocycles. The van der Waals surface area contributed by atoms with Crippen molar-refractivity contribution in [2.75, 3.05) is 48.0 Å². The van der Waals surface area contributed by atoms with Crippen molar-refractivity contribution in [3.8, 4) is 34.2 Å². The summed E-state index contributed by atoms with van der Waals surface area (Å²) < 4.78 is 31.0. The van der Waals surface area contributed by atoms with E-state index < -0.39 is 78.8 Å². The number of carboxylic acids is 3. The van der Waals surface area contributed by atoms with Crippen LogP contribution in [0.1, 0.15) is 200 Å². The first-order chi connectivity index (χ1) is 51.4. The molecule has 0 spiro atoms. The summed E-state index contributed by atoms with van der Waals surface area (Å²) >= 11 is 0. The minimum Gasteiger partial charge on any atom is -1.00 e. The number of pyridine rings is 8. The van der Waals surface area contributed by atoms with Crippen LogP contribution in [-0.2, 0) is 4.84 Å².